The highest BCUT2D eigenvalue weighted by molar-refractivity contribution is 5.94. The van der Waals surface area contributed by atoms with E-state index in [0.29, 0.717) is 11.6 Å². The summed E-state index contributed by atoms with van der Waals surface area (Å²) < 4.78 is 5.33. The zero-order chi connectivity index (χ0) is 15.2. The van der Waals surface area contributed by atoms with E-state index in [4.69, 9.17) is 4.42 Å². The summed E-state index contributed by atoms with van der Waals surface area (Å²) in [6.45, 7) is 2.14. The van der Waals surface area contributed by atoms with Crippen molar-refractivity contribution in [3.63, 3.8) is 0 Å². The molecule has 4 nitrogen and oxygen atoms in total. The molecule has 1 aromatic heterocycles. The number of anilines is 1. The van der Waals surface area contributed by atoms with Crippen molar-refractivity contribution in [1.82, 2.24) is 4.90 Å². The average molecular weight is 286 g/mol. The lowest BCUT2D eigenvalue weighted by atomic mass is 10.1. The molecule has 1 heterocycles. The first-order valence-electron chi connectivity index (χ1n) is 7.17. The Balaban J connectivity index is 1.86. The number of hydrogen-bond acceptors (Lipinski definition) is 3. The van der Waals surface area contributed by atoms with Crippen molar-refractivity contribution in [2.45, 2.75) is 25.8 Å². The first-order chi connectivity index (χ1) is 10.1. The monoisotopic (exact) mass is 286 g/mol. The van der Waals surface area contributed by atoms with Gasteiger partial charge in [0.25, 0.3) is 5.91 Å². The molecule has 0 spiro atoms. The Hall–Kier alpha value is -2.23. The number of hydrogen-bond donors (Lipinski definition) is 1. The highest BCUT2D eigenvalue weighted by Crippen LogP contribution is 2.14. The molecule has 0 saturated heterocycles. The molecule has 1 atom stereocenters. The molecule has 1 aromatic carbocycles. The van der Waals surface area contributed by atoms with Gasteiger partial charge in [0.05, 0.1) is 6.26 Å². The molecular formula is C17H22N2O2. The Morgan fingerprint density at radius 3 is 2.52 bits per heavy atom. The summed E-state index contributed by atoms with van der Waals surface area (Å²) in [5, 5.41) is 3.43. The second-order valence-electron chi connectivity index (χ2n) is 5.44. The van der Waals surface area contributed by atoms with Crippen molar-refractivity contribution in [3.8, 4) is 0 Å². The van der Waals surface area contributed by atoms with E-state index >= 15 is 0 Å². The number of amides is 1. The number of aryl methyl sites for hydroxylation is 1. The van der Waals surface area contributed by atoms with Crippen LogP contribution in [0.4, 0.5) is 5.69 Å². The van der Waals surface area contributed by atoms with Crippen molar-refractivity contribution >= 4 is 11.6 Å². The summed E-state index contributed by atoms with van der Waals surface area (Å²) >= 11 is 0. The van der Waals surface area contributed by atoms with E-state index in [-0.39, 0.29) is 5.91 Å². The van der Waals surface area contributed by atoms with E-state index in [1.807, 2.05) is 36.4 Å². The molecule has 0 bridgehead atoms. The molecule has 0 aliphatic carbocycles. The lowest BCUT2D eigenvalue weighted by molar-refractivity contribution is 0.0827. The Bertz CT molecular complexity index is 559. The molecular weight excluding hydrogens is 264 g/mol. The molecule has 2 rings (SSSR count). The predicted molar refractivity (Wildman–Crippen MR) is 84.6 cm³/mol. The van der Waals surface area contributed by atoms with Gasteiger partial charge < -0.3 is 14.6 Å². The minimum atomic E-state index is 0.0208. The van der Waals surface area contributed by atoms with Crippen LogP contribution < -0.4 is 5.32 Å². The molecule has 1 amide bonds. The second-order valence-corrected chi connectivity index (χ2v) is 5.44. The molecule has 4 heteroatoms. The summed E-state index contributed by atoms with van der Waals surface area (Å²) in [5.74, 6) is 1.03. The smallest absolute Gasteiger partial charge is 0.253 e. The van der Waals surface area contributed by atoms with Crippen LogP contribution in [-0.4, -0.2) is 30.9 Å². The van der Waals surface area contributed by atoms with Crippen molar-refractivity contribution < 1.29 is 9.21 Å². The SMILES string of the molecule is CC(CCc1ccco1)Nc1ccc(C(=O)N(C)C)cc1. The highest BCUT2D eigenvalue weighted by Gasteiger charge is 2.08. The van der Waals surface area contributed by atoms with Gasteiger partial charge in [-0.2, -0.15) is 0 Å². The standard InChI is InChI=1S/C17H22N2O2/c1-13(6-11-16-5-4-12-21-16)18-15-9-7-14(8-10-15)17(20)19(2)3/h4-5,7-10,12-13,18H,6,11H2,1-3H3. The maximum Gasteiger partial charge on any atom is 0.253 e. The summed E-state index contributed by atoms with van der Waals surface area (Å²) in [6, 6.07) is 11.8. The third kappa shape index (κ3) is 4.38. The molecule has 0 aliphatic rings. The summed E-state index contributed by atoms with van der Waals surface area (Å²) in [5.41, 5.74) is 1.73. The molecule has 1 unspecified atom stereocenters. The largest absolute Gasteiger partial charge is 0.469 e. The van der Waals surface area contributed by atoms with Crippen LogP contribution in [0, 0.1) is 0 Å². The van der Waals surface area contributed by atoms with Gasteiger partial charge in [0.15, 0.2) is 0 Å². The van der Waals surface area contributed by atoms with E-state index in [9.17, 15) is 4.79 Å². The van der Waals surface area contributed by atoms with Gasteiger partial charge in [0.2, 0.25) is 0 Å². The highest BCUT2D eigenvalue weighted by atomic mass is 16.3. The van der Waals surface area contributed by atoms with Crippen LogP contribution >= 0.6 is 0 Å². The van der Waals surface area contributed by atoms with Crippen LogP contribution in [0.1, 0.15) is 29.5 Å². The van der Waals surface area contributed by atoms with E-state index in [1.165, 1.54) is 0 Å². The summed E-state index contributed by atoms with van der Waals surface area (Å²) in [4.78, 5) is 13.4. The van der Waals surface area contributed by atoms with Crippen molar-refractivity contribution in [2.75, 3.05) is 19.4 Å². The van der Waals surface area contributed by atoms with Crippen LogP contribution in [0.5, 0.6) is 0 Å². The number of nitrogens with zero attached hydrogens (tertiary/aromatic N) is 1. The molecule has 0 radical (unpaired) electrons. The fourth-order valence-corrected chi connectivity index (χ4v) is 2.14. The van der Waals surface area contributed by atoms with E-state index in [0.717, 1.165) is 24.3 Å². The minimum absolute atomic E-state index is 0.0208. The number of furan rings is 1. The molecule has 0 saturated carbocycles. The van der Waals surface area contributed by atoms with Crippen LogP contribution in [-0.2, 0) is 6.42 Å². The fraction of sp³-hybridized carbons (Fsp3) is 0.353. The minimum Gasteiger partial charge on any atom is -0.469 e. The van der Waals surface area contributed by atoms with Gasteiger partial charge in [-0.15, -0.1) is 0 Å². The number of carbonyl (C=O) groups is 1. The molecule has 1 N–H and O–H groups in total. The van der Waals surface area contributed by atoms with Gasteiger partial charge in [0, 0.05) is 37.8 Å². The number of benzene rings is 1. The Labute approximate surface area is 125 Å². The van der Waals surface area contributed by atoms with E-state index in [2.05, 4.69) is 12.2 Å². The van der Waals surface area contributed by atoms with Crippen molar-refractivity contribution in [2.24, 2.45) is 0 Å². The first-order valence-corrected chi connectivity index (χ1v) is 7.17. The van der Waals surface area contributed by atoms with E-state index < -0.39 is 0 Å². The maximum absolute atomic E-state index is 11.8. The molecule has 2 aromatic rings. The van der Waals surface area contributed by atoms with Gasteiger partial charge in [0.1, 0.15) is 5.76 Å². The van der Waals surface area contributed by atoms with Crippen LogP contribution in [0.15, 0.2) is 47.1 Å². The normalized spacial score (nSPS) is 12.0. The van der Waals surface area contributed by atoms with Gasteiger partial charge >= 0.3 is 0 Å². The number of carbonyl (C=O) groups excluding carboxylic acids is 1. The van der Waals surface area contributed by atoms with Crippen LogP contribution in [0.2, 0.25) is 0 Å². The number of nitrogens with one attached hydrogen (secondary N) is 1. The maximum atomic E-state index is 11.8. The van der Waals surface area contributed by atoms with Crippen LogP contribution in [0.3, 0.4) is 0 Å². The molecule has 0 aliphatic heterocycles. The van der Waals surface area contributed by atoms with E-state index in [1.54, 1.807) is 25.3 Å². The quantitative estimate of drug-likeness (QED) is 0.885. The van der Waals surface area contributed by atoms with Gasteiger partial charge in [-0.1, -0.05) is 0 Å². The summed E-state index contributed by atoms with van der Waals surface area (Å²) in [6.07, 6.45) is 3.61. The fourth-order valence-electron chi connectivity index (χ4n) is 2.14. The zero-order valence-corrected chi connectivity index (χ0v) is 12.8. The number of rotatable bonds is 6. The van der Waals surface area contributed by atoms with Crippen molar-refractivity contribution in [3.05, 3.63) is 54.0 Å². The lowest BCUT2D eigenvalue weighted by Crippen LogP contribution is -2.21. The Kier molecular flexibility index (Phi) is 5.04. The lowest BCUT2D eigenvalue weighted by Gasteiger charge is -2.15. The van der Waals surface area contributed by atoms with Crippen LogP contribution in [0.25, 0.3) is 0 Å². The average Bonchev–Trinajstić information content (AvgIpc) is 2.98. The predicted octanol–water partition coefficient (Wildman–Crippen LogP) is 3.41. The third-order valence-electron chi connectivity index (χ3n) is 3.35. The molecule has 21 heavy (non-hydrogen) atoms. The topological polar surface area (TPSA) is 45.5 Å². The Morgan fingerprint density at radius 2 is 1.95 bits per heavy atom. The summed E-state index contributed by atoms with van der Waals surface area (Å²) in [7, 11) is 3.51. The van der Waals surface area contributed by atoms with Gasteiger partial charge in [-0.25, -0.2) is 0 Å². The van der Waals surface area contributed by atoms with Gasteiger partial charge in [-0.05, 0) is 49.7 Å². The van der Waals surface area contributed by atoms with Gasteiger partial charge in [-0.3, -0.25) is 4.79 Å². The molecule has 112 valence electrons. The first kappa shape index (κ1) is 15.2. The molecule has 0 fully saturated rings. The third-order valence-corrected chi connectivity index (χ3v) is 3.35. The zero-order valence-electron chi connectivity index (χ0n) is 12.8. The Morgan fingerprint density at radius 1 is 1.24 bits per heavy atom. The second kappa shape index (κ2) is 6.97. The van der Waals surface area contributed by atoms with Crippen molar-refractivity contribution in [1.29, 1.82) is 0 Å².